The second-order valence-electron chi connectivity index (χ2n) is 10.9. The van der Waals surface area contributed by atoms with Crippen LogP contribution >= 0.6 is 0 Å². The van der Waals surface area contributed by atoms with Crippen LogP contribution in [0.2, 0.25) is 0 Å². The summed E-state index contributed by atoms with van der Waals surface area (Å²) in [6.45, 7) is 6.69. The van der Waals surface area contributed by atoms with Crippen LogP contribution in [0.5, 0.6) is 5.75 Å². The summed E-state index contributed by atoms with van der Waals surface area (Å²) in [5.41, 5.74) is 6.16. The number of fused-ring (bicyclic) bond motifs is 1. The second-order valence-corrected chi connectivity index (χ2v) is 10.9. The van der Waals surface area contributed by atoms with E-state index in [0.29, 0.717) is 32.5 Å². The molecule has 2 heterocycles. The number of methoxy groups -OCH3 is 2. The summed E-state index contributed by atoms with van der Waals surface area (Å²) in [4.78, 5) is 32.6. The lowest BCUT2D eigenvalue weighted by Gasteiger charge is -2.40. The van der Waals surface area contributed by atoms with Crippen molar-refractivity contribution in [1.82, 2.24) is 10.2 Å². The Balaban J connectivity index is 1.50. The van der Waals surface area contributed by atoms with Crippen molar-refractivity contribution in [2.45, 2.75) is 69.7 Å². The number of para-hydroxylation sites is 1. The van der Waals surface area contributed by atoms with Gasteiger partial charge in [-0.1, -0.05) is 18.2 Å². The summed E-state index contributed by atoms with van der Waals surface area (Å²) < 4.78 is 16.9. The quantitative estimate of drug-likeness (QED) is 0.554. The van der Waals surface area contributed by atoms with Crippen molar-refractivity contribution < 1.29 is 23.8 Å². The molecule has 1 fully saturated rings. The number of benzene rings is 1. The van der Waals surface area contributed by atoms with Crippen LogP contribution in [0.1, 0.15) is 58.1 Å². The summed E-state index contributed by atoms with van der Waals surface area (Å²) in [6, 6.07) is 7.38. The largest absolute Gasteiger partial charge is 0.485 e. The molecule has 0 saturated heterocycles. The topological polar surface area (TPSA) is 115 Å². The van der Waals surface area contributed by atoms with E-state index in [2.05, 4.69) is 10.3 Å². The van der Waals surface area contributed by atoms with Gasteiger partial charge in [0.25, 0.3) is 0 Å². The Morgan fingerprint density at radius 3 is 2.71 bits per heavy atom. The minimum Gasteiger partial charge on any atom is -0.485 e. The van der Waals surface area contributed by atoms with Gasteiger partial charge in [0.1, 0.15) is 11.4 Å². The number of hydrogen-bond acceptors (Lipinski definition) is 7. The average molecular weight is 487 g/mol. The molecule has 2 aliphatic heterocycles. The summed E-state index contributed by atoms with van der Waals surface area (Å²) >= 11 is 0. The van der Waals surface area contributed by atoms with Gasteiger partial charge in [-0.3, -0.25) is 14.5 Å². The van der Waals surface area contributed by atoms with E-state index in [-0.39, 0.29) is 48.1 Å². The standard InChI is InChI=1S/C26H38N4O5/c1-25(2)14-22(31)30(24(27)29-25)20(10-11-33-4)17-12-18(17)23(32)28-19-13-26(3,15-34-5)35-21-9-7-6-8-16(19)21/h6-9,17-20H,10-15H2,1-5H3,(H2,27,29)(H,28,32)/t17-,18-,19?,20+,26?/m0/s1. The lowest BCUT2D eigenvalue weighted by molar-refractivity contribution is -0.132. The van der Waals surface area contributed by atoms with Gasteiger partial charge in [0, 0.05) is 44.8 Å². The third-order valence-corrected chi connectivity index (χ3v) is 7.19. The smallest absolute Gasteiger partial charge is 0.231 e. The van der Waals surface area contributed by atoms with Crippen LogP contribution in [0.25, 0.3) is 0 Å². The van der Waals surface area contributed by atoms with Gasteiger partial charge in [0.15, 0.2) is 5.96 Å². The Kier molecular flexibility index (Phi) is 7.11. The van der Waals surface area contributed by atoms with Gasteiger partial charge in [0.05, 0.1) is 24.6 Å². The fourth-order valence-electron chi connectivity index (χ4n) is 5.57. The molecule has 9 heteroatoms. The van der Waals surface area contributed by atoms with E-state index in [9.17, 15) is 9.59 Å². The highest BCUT2D eigenvalue weighted by Crippen LogP contribution is 2.47. The average Bonchev–Trinajstić information content (AvgIpc) is 3.55. The first-order chi connectivity index (χ1) is 16.6. The third-order valence-electron chi connectivity index (χ3n) is 7.19. The number of amides is 2. The maximum absolute atomic E-state index is 13.4. The van der Waals surface area contributed by atoms with Gasteiger partial charge in [-0.25, -0.2) is 4.99 Å². The first-order valence-corrected chi connectivity index (χ1v) is 12.3. The molecule has 3 N–H and O–H groups in total. The molecule has 1 aliphatic carbocycles. The molecule has 3 aliphatic rings. The monoisotopic (exact) mass is 486 g/mol. The molecule has 35 heavy (non-hydrogen) atoms. The van der Waals surface area contributed by atoms with Crippen molar-refractivity contribution in [1.29, 1.82) is 0 Å². The molecule has 0 bridgehead atoms. The van der Waals surface area contributed by atoms with Crippen molar-refractivity contribution in [3.63, 3.8) is 0 Å². The number of ether oxygens (including phenoxy) is 3. The van der Waals surface area contributed by atoms with Crippen LogP contribution in [-0.4, -0.2) is 67.3 Å². The highest BCUT2D eigenvalue weighted by molar-refractivity contribution is 5.99. The molecule has 1 aromatic carbocycles. The molecule has 2 amide bonds. The molecule has 0 radical (unpaired) electrons. The van der Waals surface area contributed by atoms with Crippen LogP contribution in [0.3, 0.4) is 0 Å². The van der Waals surface area contributed by atoms with Crippen LogP contribution in [0.15, 0.2) is 29.3 Å². The number of nitrogens with two attached hydrogens (primary N) is 1. The molecular weight excluding hydrogens is 448 g/mol. The van der Waals surface area contributed by atoms with E-state index >= 15 is 0 Å². The Labute approximate surface area is 207 Å². The van der Waals surface area contributed by atoms with E-state index in [1.807, 2.05) is 45.0 Å². The number of guanidine groups is 1. The fraction of sp³-hybridized carbons (Fsp3) is 0.654. The predicted octanol–water partition coefficient (Wildman–Crippen LogP) is 2.40. The molecule has 2 unspecified atom stereocenters. The molecule has 1 aromatic rings. The van der Waals surface area contributed by atoms with Gasteiger partial charge in [-0.15, -0.1) is 0 Å². The summed E-state index contributed by atoms with van der Waals surface area (Å²) in [6.07, 6.45) is 2.19. The van der Waals surface area contributed by atoms with Crippen molar-refractivity contribution >= 4 is 17.8 Å². The highest BCUT2D eigenvalue weighted by Gasteiger charge is 2.52. The number of hydrogen-bond donors (Lipinski definition) is 2. The van der Waals surface area contributed by atoms with Gasteiger partial charge >= 0.3 is 0 Å². The normalized spacial score (nSPS) is 30.1. The van der Waals surface area contributed by atoms with Crippen LogP contribution in [0.4, 0.5) is 0 Å². The number of rotatable bonds is 9. The number of carbonyl (C=O) groups excluding carboxylic acids is 2. The molecule has 1 saturated carbocycles. The minimum atomic E-state index is -0.539. The second kappa shape index (κ2) is 9.78. The van der Waals surface area contributed by atoms with E-state index in [1.165, 1.54) is 0 Å². The summed E-state index contributed by atoms with van der Waals surface area (Å²) in [7, 11) is 3.28. The maximum Gasteiger partial charge on any atom is 0.231 e. The first kappa shape index (κ1) is 25.4. The third kappa shape index (κ3) is 5.46. The Morgan fingerprint density at radius 2 is 2.03 bits per heavy atom. The predicted molar refractivity (Wildman–Crippen MR) is 132 cm³/mol. The van der Waals surface area contributed by atoms with Crippen molar-refractivity contribution in [2.24, 2.45) is 22.6 Å². The van der Waals surface area contributed by atoms with E-state index in [1.54, 1.807) is 19.1 Å². The molecule has 5 atom stereocenters. The van der Waals surface area contributed by atoms with E-state index < -0.39 is 11.1 Å². The van der Waals surface area contributed by atoms with Crippen LogP contribution < -0.4 is 15.8 Å². The summed E-state index contributed by atoms with van der Waals surface area (Å²) in [5, 5.41) is 3.26. The number of nitrogens with zero attached hydrogens (tertiary/aromatic N) is 2. The van der Waals surface area contributed by atoms with Gasteiger partial charge in [-0.2, -0.15) is 0 Å². The zero-order chi connectivity index (χ0) is 25.4. The van der Waals surface area contributed by atoms with E-state index in [4.69, 9.17) is 19.9 Å². The number of aliphatic imine (C=N–C) groups is 1. The van der Waals surface area contributed by atoms with E-state index in [0.717, 1.165) is 11.3 Å². The lowest BCUT2D eigenvalue weighted by atomic mass is 9.88. The molecular formula is C26H38N4O5. The zero-order valence-corrected chi connectivity index (χ0v) is 21.4. The Bertz CT molecular complexity index is 996. The molecule has 0 aromatic heterocycles. The van der Waals surface area contributed by atoms with Crippen LogP contribution in [-0.2, 0) is 19.1 Å². The molecule has 9 nitrogen and oxygen atoms in total. The number of nitrogens with one attached hydrogen (secondary N) is 1. The fourth-order valence-corrected chi connectivity index (χ4v) is 5.57. The number of carbonyl (C=O) groups is 2. The molecule has 192 valence electrons. The zero-order valence-electron chi connectivity index (χ0n) is 21.4. The van der Waals surface area contributed by atoms with Crippen molar-refractivity contribution in [2.75, 3.05) is 27.4 Å². The van der Waals surface area contributed by atoms with Gasteiger partial charge in [-0.05, 0) is 45.6 Å². The van der Waals surface area contributed by atoms with Gasteiger partial charge in [0.2, 0.25) is 11.8 Å². The molecule has 4 rings (SSSR count). The van der Waals surface area contributed by atoms with Crippen molar-refractivity contribution in [3.8, 4) is 5.75 Å². The first-order valence-electron chi connectivity index (χ1n) is 12.3. The summed E-state index contributed by atoms with van der Waals surface area (Å²) in [5.74, 6) is 0.731. The SMILES string of the molecule is COCC[C@H]([C@H]1C[C@@H]1C(=O)NC1CC(C)(COC)Oc2ccccc21)N1C(=O)CC(C)(C)N=C1N. The van der Waals surface area contributed by atoms with Crippen molar-refractivity contribution in [3.05, 3.63) is 29.8 Å². The highest BCUT2D eigenvalue weighted by atomic mass is 16.5. The lowest BCUT2D eigenvalue weighted by Crippen LogP contribution is -2.55. The minimum absolute atomic E-state index is 0.00417. The Hall–Kier alpha value is -2.65. The van der Waals surface area contributed by atoms with Gasteiger partial charge < -0.3 is 25.3 Å². The Morgan fingerprint density at radius 1 is 1.29 bits per heavy atom. The van der Waals surface area contributed by atoms with Crippen LogP contribution in [0, 0.1) is 11.8 Å². The maximum atomic E-state index is 13.4. The molecule has 0 spiro atoms.